The first kappa shape index (κ1) is 38.5. The Bertz CT molecular complexity index is 2260. The first-order valence-corrected chi connectivity index (χ1v) is 21.3. The van der Waals surface area contributed by atoms with Gasteiger partial charge in [0.05, 0.1) is 12.4 Å². The van der Waals surface area contributed by atoms with Crippen molar-refractivity contribution < 1.29 is 9.59 Å². The van der Waals surface area contributed by atoms with E-state index in [-0.39, 0.29) is 29.2 Å². The molecule has 0 radical (unpaired) electrons. The van der Waals surface area contributed by atoms with Gasteiger partial charge in [-0.1, -0.05) is 13.8 Å². The van der Waals surface area contributed by atoms with Gasteiger partial charge in [0.15, 0.2) is 33.3 Å². The summed E-state index contributed by atoms with van der Waals surface area (Å²) < 4.78 is 1.86. The number of carbonyl (C=O) groups excluding carboxylic acids is 2. The van der Waals surface area contributed by atoms with Gasteiger partial charge < -0.3 is 24.6 Å². The van der Waals surface area contributed by atoms with Gasteiger partial charge >= 0.3 is 0 Å². The van der Waals surface area contributed by atoms with Gasteiger partial charge in [0.2, 0.25) is 23.0 Å². The number of fused-ring (bicyclic) bond motifs is 2. The molecule has 6 aromatic rings. The summed E-state index contributed by atoms with van der Waals surface area (Å²) in [7, 11) is 3.59. The van der Waals surface area contributed by atoms with Crippen molar-refractivity contribution in [1.82, 2.24) is 49.4 Å². The molecule has 8 heterocycles. The number of nitrogens with one attached hydrogen (secondary N) is 1. The second kappa shape index (κ2) is 16.6. The summed E-state index contributed by atoms with van der Waals surface area (Å²) in [5, 5.41) is 5.84. The molecule has 6 aromatic heterocycles. The van der Waals surface area contributed by atoms with Crippen molar-refractivity contribution in [2.45, 2.75) is 89.4 Å². The highest BCUT2D eigenvalue weighted by atomic mass is 35.5. The smallest absolute Gasteiger partial charge is 0.249 e. The van der Waals surface area contributed by atoms with Crippen molar-refractivity contribution in [2.24, 2.45) is 0 Å². The molecule has 2 atom stereocenters. The van der Waals surface area contributed by atoms with E-state index in [4.69, 9.17) is 16.6 Å². The largest absolute Gasteiger partial charge is 0.343 e. The van der Waals surface area contributed by atoms with Crippen LogP contribution in [0.15, 0.2) is 60.3 Å². The molecule has 2 fully saturated rings. The van der Waals surface area contributed by atoms with Crippen LogP contribution >= 0.6 is 34.3 Å². The van der Waals surface area contributed by atoms with Crippen LogP contribution in [0.2, 0.25) is 5.28 Å². The summed E-state index contributed by atoms with van der Waals surface area (Å²) in [5.74, 6) is 3.98. The number of carbonyl (C=O) groups is 2. The molecular formula is C38H43ClN14O2S2. The maximum atomic E-state index is 12.9. The van der Waals surface area contributed by atoms with Crippen LogP contribution in [-0.2, 0) is 9.59 Å². The van der Waals surface area contributed by atoms with Crippen LogP contribution in [0.3, 0.4) is 0 Å². The Morgan fingerprint density at radius 3 is 1.81 bits per heavy atom. The monoisotopic (exact) mass is 826 g/mol. The SMILES string of the molecule is CC[C@@H]1C(=O)N(C)c2cnc(-n3ccnc3-c3nccs3)nc2N1C1CCC1.CC[C@@H]1C(=O)N(C)c2cnc(Cl)nc2N1C1CCC1.c1c[nH]c(-c2nccs2)n1. The molecule has 16 nitrogen and oxygen atoms in total. The van der Waals surface area contributed by atoms with E-state index in [0.29, 0.717) is 18.0 Å². The Morgan fingerprint density at radius 1 is 0.719 bits per heavy atom. The summed E-state index contributed by atoms with van der Waals surface area (Å²) in [4.78, 5) is 70.8. The molecule has 4 aliphatic rings. The zero-order valence-electron chi connectivity index (χ0n) is 32.1. The molecule has 0 unspecified atom stereocenters. The number of aromatic amines is 1. The fraction of sp³-hybridized carbons (Fsp3) is 0.421. The maximum Gasteiger partial charge on any atom is 0.249 e. The number of amides is 2. The molecule has 0 aromatic carbocycles. The fourth-order valence-electron chi connectivity index (χ4n) is 7.50. The van der Waals surface area contributed by atoms with E-state index in [1.807, 2.05) is 35.5 Å². The van der Waals surface area contributed by atoms with Gasteiger partial charge in [0.1, 0.15) is 23.5 Å². The summed E-state index contributed by atoms with van der Waals surface area (Å²) >= 11 is 9.03. The lowest BCUT2D eigenvalue weighted by atomic mass is 9.88. The second-order valence-corrected chi connectivity index (χ2v) is 16.2. The molecule has 10 rings (SSSR count). The standard InChI is InChI=1S/C19H21N7OS.C13H17ClN4O.C6H5N3S/c1-3-13-18(27)24(2)14-11-22-19(23-15(14)26(13)12-5-4-6-12)25-9-7-20-16(25)17-21-8-10-28-17;1-3-9-12(19)17(2)10-7-15-13(14)16-11(10)18(9)8-5-4-6-8;1-2-8-5(7-1)6-9-3-4-10-6/h7-13H,3-6H2,1-2H3;7-9H,3-6H2,1-2H3;1-4H,(H,7,8)/t13-;9-;/m11./s1. The number of hydrogen-bond acceptors (Lipinski definition) is 14. The molecule has 2 aliphatic heterocycles. The molecule has 0 bridgehead atoms. The molecule has 1 N–H and O–H groups in total. The van der Waals surface area contributed by atoms with Gasteiger partial charge in [-0.3, -0.25) is 14.2 Å². The van der Waals surface area contributed by atoms with E-state index < -0.39 is 0 Å². The fourth-order valence-corrected chi connectivity index (χ4v) is 8.85. The van der Waals surface area contributed by atoms with Gasteiger partial charge in [-0.25, -0.2) is 29.9 Å². The van der Waals surface area contributed by atoms with E-state index >= 15 is 0 Å². The van der Waals surface area contributed by atoms with Gasteiger partial charge in [-0.2, -0.15) is 9.97 Å². The summed E-state index contributed by atoms with van der Waals surface area (Å²) in [6, 6.07) is 0.471. The average Bonchev–Trinajstić information content (AvgIpc) is 4.03. The number of thiazole rings is 2. The lowest BCUT2D eigenvalue weighted by Gasteiger charge is -2.47. The van der Waals surface area contributed by atoms with Crippen molar-refractivity contribution in [2.75, 3.05) is 33.7 Å². The zero-order valence-corrected chi connectivity index (χ0v) is 34.5. The molecule has 19 heteroatoms. The predicted octanol–water partition coefficient (Wildman–Crippen LogP) is 6.68. The zero-order chi connectivity index (χ0) is 39.6. The van der Waals surface area contributed by atoms with Crippen LogP contribution in [0.4, 0.5) is 23.0 Å². The quantitative estimate of drug-likeness (QED) is 0.170. The third-order valence-electron chi connectivity index (χ3n) is 10.9. The van der Waals surface area contributed by atoms with Gasteiger partial charge in [0, 0.05) is 74.1 Å². The van der Waals surface area contributed by atoms with Crippen LogP contribution in [0.25, 0.3) is 27.6 Å². The third kappa shape index (κ3) is 7.36. The lowest BCUT2D eigenvalue weighted by Crippen LogP contribution is -2.57. The van der Waals surface area contributed by atoms with Crippen LogP contribution in [0, 0.1) is 0 Å². The number of H-pyrrole nitrogens is 1. The number of halogens is 1. The first-order chi connectivity index (χ1) is 27.8. The van der Waals surface area contributed by atoms with E-state index in [2.05, 4.69) is 56.6 Å². The Labute approximate surface area is 343 Å². The minimum absolute atomic E-state index is 0.115. The summed E-state index contributed by atoms with van der Waals surface area (Å²) in [6.07, 6.45) is 22.4. The number of hydrogen-bond donors (Lipinski definition) is 1. The Morgan fingerprint density at radius 2 is 1.30 bits per heavy atom. The highest BCUT2D eigenvalue weighted by Gasteiger charge is 2.43. The number of likely N-dealkylation sites (N-methyl/N-ethyl adjacent to an activating group) is 2. The number of rotatable bonds is 7. The minimum Gasteiger partial charge on any atom is -0.343 e. The van der Waals surface area contributed by atoms with Crippen molar-refractivity contribution >= 4 is 69.1 Å². The minimum atomic E-state index is -0.174. The van der Waals surface area contributed by atoms with Gasteiger partial charge in [-0.15, -0.1) is 22.7 Å². The lowest BCUT2D eigenvalue weighted by molar-refractivity contribution is -0.121. The normalized spacial score (nSPS) is 19.2. The average molecular weight is 827 g/mol. The highest BCUT2D eigenvalue weighted by Crippen LogP contribution is 2.42. The van der Waals surface area contributed by atoms with Crippen LogP contribution < -0.4 is 19.6 Å². The van der Waals surface area contributed by atoms with Crippen LogP contribution in [0.1, 0.15) is 65.2 Å². The predicted molar refractivity (Wildman–Crippen MR) is 222 cm³/mol. The number of aromatic nitrogens is 10. The number of nitrogens with zero attached hydrogens (tertiary/aromatic N) is 13. The Hall–Kier alpha value is -5.33. The Balaban J connectivity index is 0.000000134. The van der Waals surface area contributed by atoms with Crippen molar-refractivity contribution in [3.63, 3.8) is 0 Å². The van der Waals surface area contributed by atoms with E-state index in [1.54, 1.807) is 71.6 Å². The molecule has 2 amide bonds. The van der Waals surface area contributed by atoms with Gasteiger partial charge in [0.25, 0.3) is 0 Å². The summed E-state index contributed by atoms with van der Waals surface area (Å²) in [6.45, 7) is 4.10. The van der Waals surface area contributed by atoms with Crippen LogP contribution in [-0.4, -0.2) is 99.5 Å². The molecule has 2 aliphatic carbocycles. The molecule has 0 saturated heterocycles. The van der Waals surface area contributed by atoms with E-state index in [0.717, 1.165) is 83.2 Å². The molecular weight excluding hydrogens is 784 g/mol. The Kier molecular flexibility index (Phi) is 11.3. The summed E-state index contributed by atoms with van der Waals surface area (Å²) in [5.41, 5.74) is 1.52. The topological polar surface area (TPSA) is 171 Å². The van der Waals surface area contributed by atoms with Crippen LogP contribution in [0.5, 0.6) is 0 Å². The van der Waals surface area contributed by atoms with Crippen molar-refractivity contribution in [1.29, 1.82) is 0 Å². The van der Waals surface area contributed by atoms with E-state index in [1.165, 1.54) is 24.2 Å². The van der Waals surface area contributed by atoms with Crippen molar-refractivity contribution in [3.05, 3.63) is 65.6 Å². The third-order valence-corrected chi connectivity index (χ3v) is 12.6. The highest BCUT2D eigenvalue weighted by molar-refractivity contribution is 7.13. The van der Waals surface area contributed by atoms with Gasteiger partial charge in [-0.05, 0) is 63.0 Å². The first-order valence-electron chi connectivity index (χ1n) is 19.1. The van der Waals surface area contributed by atoms with E-state index in [9.17, 15) is 9.59 Å². The van der Waals surface area contributed by atoms with Crippen molar-refractivity contribution in [3.8, 4) is 27.6 Å². The molecule has 2 saturated carbocycles. The molecule has 0 spiro atoms. The number of anilines is 4. The molecule has 57 heavy (non-hydrogen) atoms. The number of imidazole rings is 2. The maximum absolute atomic E-state index is 12.9. The molecule has 296 valence electrons. The second-order valence-electron chi connectivity index (χ2n) is 14.1.